The van der Waals surface area contributed by atoms with Gasteiger partial charge in [-0.2, -0.15) is 0 Å². The number of fused-ring (bicyclic) bond motifs is 1. The molecule has 1 aromatic heterocycles. The van der Waals surface area contributed by atoms with Crippen LogP contribution >= 0.6 is 0 Å². The largest absolute Gasteiger partial charge is 0.361 e. The Balaban J connectivity index is 1.92. The number of carbonyl (C=O) groups excluding carboxylic acids is 1. The molecule has 0 aliphatic heterocycles. The molecule has 0 fully saturated rings. The molecule has 0 saturated heterocycles. The first-order valence-electron chi connectivity index (χ1n) is 6.57. The maximum absolute atomic E-state index is 12.5. The molecule has 0 unspecified atom stereocenters. The van der Waals surface area contributed by atoms with Crippen LogP contribution in [0.25, 0.3) is 10.9 Å². The van der Waals surface area contributed by atoms with E-state index in [2.05, 4.69) is 4.98 Å². The van der Waals surface area contributed by atoms with Gasteiger partial charge < -0.3 is 9.88 Å². The molecule has 0 saturated carbocycles. The van der Waals surface area contributed by atoms with Crippen molar-refractivity contribution in [1.29, 1.82) is 0 Å². The number of hydrogen-bond acceptors (Lipinski definition) is 1. The quantitative estimate of drug-likeness (QED) is 0.751. The van der Waals surface area contributed by atoms with Crippen molar-refractivity contribution in [2.24, 2.45) is 0 Å². The van der Waals surface area contributed by atoms with Crippen molar-refractivity contribution in [2.45, 2.75) is 6.92 Å². The smallest absolute Gasteiger partial charge is 0.258 e. The van der Waals surface area contributed by atoms with Gasteiger partial charge in [0.25, 0.3) is 5.91 Å². The van der Waals surface area contributed by atoms with E-state index in [4.69, 9.17) is 0 Å². The van der Waals surface area contributed by atoms with E-state index in [0.717, 1.165) is 16.6 Å². The standard InChI is InChI=1S/C17H16N2O/c1-12-3-7-15(8-4-12)19(2)17(20)14-6-5-13-9-10-18-16(13)11-14/h3-11,18H,1-2H3. The number of amides is 1. The van der Waals surface area contributed by atoms with Crippen LogP contribution in [0.1, 0.15) is 15.9 Å². The Morgan fingerprint density at radius 2 is 1.80 bits per heavy atom. The molecular weight excluding hydrogens is 248 g/mol. The van der Waals surface area contributed by atoms with E-state index in [1.165, 1.54) is 5.56 Å². The molecule has 100 valence electrons. The second-order valence-electron chi connectivity index (χ2n) is 4.98. The highest BCUT2D eigenvalue weighted by Crippen LogP contribution is 2.19. The second-order valence-corrected chi connectivity index (χ2v) is 4.98. The van der Waals surface area contributed by atoms with Gasteiger partial charge in [0.15, 0.2) is 0 Å². The van der Waals surface area contributed by atoms with E-state index in [0.29, 0.717) is 5.56 Å². The zero-order valence-electron chi connectivity index (χ0n) is 11.6. The summed E-state index contributed by atoms with van der Waals surface area (Å²) in [6, 6.07) is 15.6. The molecule has 20 heavy (non-hydrogen) atoms. The van der Waals surface area contributed by atoms with Crippen LogP contribution in [0.4, 0.5) is 5.69 Å². The van der Waals surface area contributed by atoms with Crippen LogP contribution in [0.15, 0.2) is 54.7 Å². The molecule has 0 spiro atoms. The fraction of sp³-hybridized carbons (Fsp3) is 0.118. The Kier molecular flexibility index (Phi) is 3.03. The molecule has 0 bridgehead atoms. The average Bonchev–Trinajstić information content (AvgIpc) is 2.94. The molecule has 1 N–H and O–H groups in total. The summed E-state index contributed by atoms with van der Waals surface area (Å²) < 4.78 is 0. The van der Waals surface area contributed by atoms with Crippen LogP contribution in [0.5, 0.6) is 0 Å². The van der Waals surface area contributed by atoms with Gasteiger partial charge in [-0.1, -0.05) is 23.8 Å². The maximum atomic E-state index is 12.5. The average molecular weight is 264 g/mol. The number of hydrogen-bond donors (Lipinski definition) is 1. The summed E-state index contributed by atoms with van der Waals surface area (Å²) in [5, 5.41) is 1.11. The maximum Gasteiger partial charge on any atom is 0.258 e. The number of anilines is 1. The summed E-state index contributed by atoms with van der Waals surface area (Å²) >= 11 is 0. The normalized spacial score (nSPS) is 10.7. The third kappa shape index (κ3) is 2.18. The van der Waals surface area contributed by atoms with Gasteiger partial charge in [-0.05, 0) is 42.6 Å². The summed E-state index contributed by atoms with van der Waals surface area (Å²) in [7, 11) is 1.80. The van der Waals surface area contributed by atoms with Gasteiger partial charge in [-0.15, -0.1) is 0 Å². The molecule has 0 atom stereocenters. The van der Waals surface area contributed by atoms with Crippen LogP contribution in [0, 0.1) is 6.92 Å². The van der Waals surface area contributed by atoms with Gasteiger partial charge >= 0.3 is 0 Å². The highest BCUT2D eigenvalue weighted by Gasteiger charge is 2.13. The summed E-state index contributed by atoms with van der Waals surface area (Å²) in [5.74, 6) is -0.00893. The number of carbonyl (C=O) groups is 1. The van der Waals surface area contributed by atoms with E-state index in [9.17, 15) is 4.79 Å². The number of nitrogens with one attached hydrogen (secondary N) is 1. The summed E-state index contributed by atoms with van der Waals surface area (Å²) in [6.07, 6.45) is 1.88. The van der Waals surface area contributed by atoms with Crippen molar-refractivity contribution in [3.05, 3.63) is 65.9 Å². The number of aromatic nitrogens is 1. The summed E-state index contributed by atoms with van der Waals surface area (Å²) in [6.45, 7) is 2.03. The fourth-order valence-electron chi connectivity index (χ4n) is 2.26. The van der Waals surface area contributed by atoms with Gasteiger partial charge in [0.2, 0.25) is 0 Å². The first-order valence-corrected chi connectivity index (χ1v) is 6.57. The minimum absolute atomic E-state index is 0.00893. The van der Waals surface area contributed by atoms with Gasteiger partial charge in [0.1, 0.15) is 0 Å². The van der Waals surface area contributed by atoms with Crippen molar-refractivity contribution in [3.8, 4) is 0 Å². The molecule has 3 nitrogen and oxygen atoms in total. The van der Waals surface area contributed by atoms with Gasteiger partial charge in [0, 0.05) is 30.0 Å². The van der Waals surface area contributed by atoms with Crippen LogP contribution in [0.2, 0.25) is 0 Å². The predicted molar refractivity (Wildman–Crippen MR) is 82.2 cm³/mol. The Bertz CT molecular complexity index is 756. The Labute approximate surface area is 117 Å². The lowest BCUT2D eigenvalue weighted by atomic mass is 10.1. The number of aryl methyl sites for hydroxylation is 1. The molecular formula is C17H16N2O. The van der Waals surface area contributed by atoms with E-state index < -0.39 is 0 Å². The molecule has 2 aromatic carbocycles. The zero-order chi connectivity index (χ0) is 14.1. The van der Waals surface area contributed by atoms with Crippen molar-refractivity contribution in [3.63, 3.8) is 0 Å². The number of aromatic amines is 1. The van der Waals surface area contributed by atoms with Crippen LogP contribution in [-0.2, 0) is 0 Å². The monoisotopic (exact) mass is 264 g/mol. The fourth-order valence-corrected chi connectivity index (χ4v) is 2.26. The molecule has 3 aromatic rings. The topological polar surface area (TPSA) is 36.1 Å². The number of benzene rings is 2. The first kappa shape index (κ1) is 12.5. The Morgan fingerprint density at radius 3 is 2.55 bits per heavy atom. The van der Waals surface area contributed by atoms with E-state index in [-0.39, 0.29) is 5.91 Å². The number of H-pyrrole nitrogens is 1. The molecule has 0 aliphatic rings. The summed E-state index contributed by atoms with van der Waals surface area (Å²) in [4.78, 5) is 17.3. The third-order valence-electron chi connectivity index (χ3n) is 3.53. The van der Waals surface area contributed by atoms with Gasteiger partial charge in [-0.3, -0.25) is 4.79 Å². The van der Waals surface area contributed by atoms with Crippen LogP contribution in [-0.4, -0.2) is 17.9 Å². The lowest BCUT2D eigenvalue weighted by Crippen LogP contribution is -2.26. The van der Waals surface area contributed by atoms with Crippen molar-refractivity contribution >= 4 is 22.5 Å². The molecule has 0 aliphatic carbocycles. The lowest BCUT2D eigenvalue weighted by molar-refractivity contribution is 0.0993. The third-order valence-corrected chi connectivity index (χ3v) is 3.53. The van der Waals surface area contributed by atoms with Crippen molar-refractivity contribution in [1.82, 2.24) is 4.98 Å². The minimum Gasteiger partial charge on any atom is -0.361 e. The van der Waals surface area contributed by atoms with E-state index >= 15 is 0 Å². The van der Waals surface area contributed by atoms with E-state index in [1.807, 2.05) is 61.7 Å². The first-order chi connectivity index (χ1) is 9.65. The van der Waals surface area contributed by atoms with E-state index in [1.54, 1.807) is 11.9 Å². The predicted octanol–water partition coefficient (Wildman–Crippen LogP) is 3.75. The molecule has 3 heteroatoms. The van der Waals surface area contributed by atoms with Gasteiger partial charge in [0.05, 0.1) is 0 Å². The molecule has 1 amide bonds. The number of rotatable bonds is 2. The highest BCUT2D eigenvalue weighted by molar-refractivity contribution is 6.07. The zero-order valence-corrected chi connectivity index (χ0v) is 11.6. The van der Waals surface area contributed by atoms with Crippen LogP contribution in [0.3, 0.4) is 0 Å². The van der Waals surface area contributed by atoms with Crippen LogP contribution < -0.4 is 4.90 Å². The van der Waals surface area contributed by atoms with Crippen molar-refractivity contribution in [2.75, 3.05) is 11.9 Å². The molecule has 1 heterocycles. The SMILES string of the molecule is Cc1ccc(N(C)C(=O)c2ccc3cc[nH]c3c2)cc1. The Morgan fingerprint density at radius 1 is 1.05 bits per heavy atom. The molecule has 3 rings (SSSR count). The highest BCUT2D eigenvalue weighted by atomic mass is 16.2. The summed E-state index contributed by atoms with van der Waals surface area (Å²) in [5.41, 5.74) is 3.74. The lowest BCUT2D eigenvalue weighted by Gasteiger charge is -2.17. The van der Waals surface area contributed by atoms with Crippen molar-refractivity contribution < 1.29 is 4.79 Å². The number of nitrogens with zero attached hydrogens (tertiary/aromatic N) is 1. The second kappa shape index (κ2) is 4.85. The Hall–Kier alpha value is -2.55. The van der Waals surface area contributed by atoms with Gasteiger partial charge in [-0.25, -0.2) is 0 Å². The minimum atomic E-state index is -0.00893. The molecule has 0 radical (unpaired) electrons.